The number of thiol groups is 1. The molecule has 15 heavy (non-hydrogen) atoms. The number of rotatable bonds is 3. The maximum Gasteiger partial charge on any atom is 0.347 e. The van der Waals surface area contributed by atoms with E-state index >= 15 is 0 Å². The minimum absolute atomic E-state index is 0.145. The molecule has 1 aromatic rings. The second-order valence-corrected chi connectivity index (χ2v) is 4.87. The van der Waals surface area contributed by atoms with Gasteiger partial charge in [0.05, 0.1) is 0 Å². The van der Waals surface area contributed by atoms with Gasteiger partial charge in [0, 0.05) is 18.9 Å². The van der Waals surface area contributed by atoms with E-state index in [2.05, 4.69) is 17.6 Å². The Hall–Kier alpha value is -0.770. The van der Waals surface area contributed by atoms with Gasteiger partial charge in [-0.2, -0.15) is 12.6 Å². The van der Waals surface area contributed by atoms with Gasteiger partial charge < -0.3 is 0 Å². The van der Waals surface area contributed by atoms with Crippen LogP contribution in [0.15, 0.2) is 17.2 Å². The van der Waals surface area contributed by atoms with Crippen molar-refractivity contribution in [1.29, 1.82) is 0 Å². The van der Waals surface area contributed by atoms with Crippen molar-refractivity contribution in [2.75, 3.05) is 5.75 Å². The summed E-state index contributed by atoms with van der Waals surface area (Å²) >= 11 is 4.39. The second-order valence-electron chi connectivity index (χ2n) is 4.55. The van der Waals surface area contributed by atoms with Gasteiger partial charge in [0.25, 0.3) is 0 Å². The van der Waals surface area contributed by atoms with Gasteiger partial charge in [0.1, 0.15) is 0 Å². The van der Waals surface area contributed by atoms with Gasteiger partial charge in [0.2, 0.25) is 0 Å². The molecule has 1 aliphatic carbocycles. The average Bonchev–Trinajstić information content (AvgIpc) is 2.17. The van der Waals surface area contributed by atoms with Crippen molar-refractivity contribution < 1.29 is 0 Å². The van der Waals surface area contributed by atoms with E-state index in [0.29, 0.717) is 0 Å². The number of hydrogen-bond acceptors (Lipinski definition) is 3. The summed E-state index contributed by atoms with van der Waals surface area (Å²) in [4.78, 5) is 15.4. The Morgan fingerprint density at radius 1 is 1.60 bits per heavy atom. The van der Waals surface area contributed by atoms with Gasteiger partial charge in [0.15, 0.2) is 0 Å². The lowest BCUT2D eigenvalue weighted by Gasteiger charge is -2.41. The van der Waals surface area contributed by atoms with Gasteiger partial charge in [-0.15, -0.1) is 0 Å². The number of aromatic nitrogens is 2. The number of hydrogen-bond donors (Lipinski definition) is 1. The minimum atomic E-state index is -0.145. The Labute approximate surface area is 94.9 Å². The maximum absolute atomic E-state index is 11.5. The van der Waals surface area contributed by atoms with Crippen LogP contribution >= 0.6 is 12.6 Å². The van der Waals surface area contributed by atoms with E-state index in [0.717, 1.165) is 17.9 Å². The van der Waals surface area contributed by atoms with Crippen LogP contribution in [0.5, 0.6) is 0 Å². The van der Waals surface area contributed by atoms with Crippen molar-refractivity contribution in [3.05, 3.63) is 28.4 Å². The van der Waals surface area contributed by atoms with Crippen LogP contribution in [0.4, 0.5) is 0 Å². The molecule has 1 heterocycles. The fraction of sp³-hybridized carbons (Fsp3) is 0.636. The molecule has 82 valence electrons. The van der Waals surface area contributed by atoms with Crippen molar-refractivity contribution in [3.63, 3.8) is 0 Å². The minimum Gasteiger partial charge on any atom is -0.298 e. The summed E-state index contributed by atoms with van der Waals surface area (Å²) in [7, 11) is 0. The van der Waals surface area contributed by atoms with E-state index in [-0.39, 0.29) is 11.1 Å². The molecule has 0 unspecified atom stereocenters. The molecule has 1 aromatic heterocycles. The summed E-state index contributed by atoms with van der Waals surface area (Å²) < 4.78 is 1.73. The smallest absolute Gasteiger partial charge is 0.298 e. The molecule has 0 atom stereocenters. The third-order valence-electron chi connectivity index (χ3n) is 3.24. The zero-order valence-electron chi connectivity index (χ0n) is 8.94. The van der Waals surface area contributed by atoms with Crippen molar-refractivity contribution in [2.24, 2.45) is 5.41 Å². The first-order valence-corrected chi connectivity index (χ1v) is 5.92. The zero-order valence-corrected chi connectivity index (χ0v) is 9.83. The van der Waals surface area contributed by atoms with Crippen LogP contribution in [0.3, 0.4) is 0 Å². The quantitative estimate of drug-likeness (QED) is 0.792. The molecule has 3 nitrogen and oxygen atoms in total. The van der Waals surface area contributed by atoms with E-state index in [1.807, 2.05) is 13.1 Å². The molecule has 0 aromatic carbocycles. The normalized spacial score (nSPS) is 18.5. The molecule has 1 saturated carbocycles. The Morgan fingerprint density at radius 2 is 2.33 bits per heavy atom. The molecule has 1 fully saturated rings. The van der Waals surface area contributed by atoms with Crippen LogP contribution in [-0.2, 0) is 6.54 Å². The predicted octanol–water partition coefficient (Wildman–Crippen LogP) is 1.65. The lowest BCUT2D eigenvalue weighted by Crippen LogP contribution is -2.39. The molecule has 4 heteroatoms. The van der Waals surface area contributed by atoms with Crippen LogP contribution in [0, 0.1) is 12.3 Å². The van der Waals surface area contributed by atoms with Crippen molar-refractivity contribution >= 4 is 12.6 Å². The Kier molecular flexibility index (Phi) is 2.87. The summed E-state index contributed by atoms with van der Waals surface area (Å²) in [6, 6.07) is 0. The van der Waals surface area contributed by atoms with Gasteiger partial charge >= 0.3 is 5.69 Å². The number of nitrogens with zero attached hydrogens (tertiary/aromatic N) is 2. The zero-order chi connectivity index (χ0) is 10.9. The van der Waals surface area contributed by atoms with Gasteiger partial charge in [-0.05, 0) is 36.5 Å². The van der Waals surface area contributed by atoms with Crippen molar-refractivity contribution in [2.45, 2.75) is 32.7 Å². The van der Waals surface area contributed by atoms with Gasteiger partial charge in [-0.3, -0.25) is 4.57 Å². The standard InChI is InChI=1S/C11H16N2OS/c1-9-5-12-10(14)13(6-9)7-11(8-15)3-2-4-11/h5-6,15H,2-4,7-8H2,1H3. The van der Waals surface area contributed by atoms with Crippen molar-refractivity contribution in [1.82, 2.24) is 9.55 Å². The lowest BCUT2D eigenvalue weighted by molar-refractivity contribution is 0.136. The van der Waals surface area contributed by atoms with Crippen LogP contribution in [-0.4, -0.2) is 15.3 Å². The lowest BCUT2D eigenvalue weighted by atomic mass is 9.70. The second kappa shape index (κ2) is 4.00. The third kappa shape index (κ3) is 2.09. The predicted molar refractivity (Wildman–Crippen MR) is 63.4 cm³/mol. The SMILES string of the molecule is Cc1cnc(=O)n(CC2(CS)CCC2)c1. The van der Waals surface area contributed by atoms with Gasteiger partial charge in [-0.1, -0.05) is 6.42 Å². The van der Waals surface area contributed by atoms with E-state index in [1.165, 1.54) is 19.3 Å². The van der Waals surface area contributed by atoms with Gasteiger partial charge in [-0.25, -0.2) is 9.78 Å². The summed E-state index contributed by atoms with van der Waals surface area (Å²) in [6.45, 7) is 2.72. The summed E-state index contributed by atoms with van der Waals surface area (Å²) in [5.41, 5.74) is 1.12. The monoisotopic (exact) mass is 224 g/mol. The van der Waals surface area contributed by atoms with Crippen LogP contribution in [0.1, 0.15) is 24.8 Å². The molecule has 0 bridgehead atoms. The van der Waals surface area contributed by atoms with Crippen LogP contribution in [0.25, 0.3) is 0 Å². The first-order valence-electron chi connectivity index (χ1n) is 5.29. The molecular formula is C11H16N2OS. The highest BCUT2D eigenvalue weighted by Gasteiger charge is 2.36. The molecule has 0 amide bonds. The molecule has 0 aliphatic heterocycles. The molecule has 0 spiro atoms. The Bertz CT molecular complexity index is 404. The molecule has 0 saturated heterocycles. The molecule has 1 aliphatic rings. The van der Waals surface area contributed by atoms with E-state index in [9.17, 15) is 4.79 Å². The van der Waals surface area contributed by atoms with Crippen LogP contribution < -0.4 is 5.69 Å². The molecule has 2 rings (SSSR count). The fourth-order valence-electron chi connectivity index (χ4n) is 2.08. The summed E-state index contributed by atoms with van der Waals surface area (Å²) in [5, 5.41) is 0. The van der Waals surface area contributed by atoms with E-state index in [4.69, 9.17) is 0 Å². The largest absolute Gasteiger partial charge is 0.347 e. The molecule has 0 N–H and O–H groups in total. The van der Waals surface area contributed by atoms with Crippen molar-refractivity contribution in [3.8, 4) is 0 Å². The summed E-state index contributed by atoms with van der Waals surface area (Å²) in [5.74, 6) is 0.855. The first-order chi connectivity index (χ1) is 7.15. The Morgan fingerprint density at radius 3 is 2.87 bits per heavy atom. The van der Waals surface area contributed by atoms with E-state index < -0.39 is 0 Å². The first kappa shape index (κ1) is 10.7. The topological polar surface area (TPSA) is 34.9 Å². The fourth-order valence-corrected chi connectivity index (χ4v) is 2.50. The number of aryl methyl sites for hydroxylation is 1. The Balaban J connectivity index is 2.23. The highest BCUT2D eigenvalue weighted by Crippen LogP contribution is 2.42. The highest BCUT2D eigenvalue weighted by atomic mass is 32.1. The van der Waals surface area contributed by atoms with Crippen LogP contribution in [0.2, 0.25) is 0 Å². The maximum atomic E-state index is 11.5. The molecule has 0 radical (unpaired) electrons. The highest BCUT2D eigenvalue weighted by molar-refractivity contribution is 7.80. The molecular weight excluding hydrogens is 208 g/mol. The van der Waals surface area contributed by atoms with E-state index in [1.54, 1.807) is 10.8 Å². The average molecular weight is 224 g/mol. The third-order valence-corrected chi connectivity index (χ3v) is 3.91. The summed E-state index contributed by atoms with van der Waals surface area (Å²) in [6.07, 6.45) is 7.12.